The van der Waals surface area contributed by atoms with Crippen LogP contribution in [0.3, 0.4) is 0 Å². The second-order valence-electron chi connectivity index (χ2n) is 9.76. The van der Waals surface area contributed by atoms with Gasteiger partial charge in [-0.05, 0) is 67.6 Å². The maximum atomic E-state index is 13.4. The first kappa shape index (κ1) is 24.8. The molecule has 5 nitrogen and oxygen atoms in total. The quantitative estimate of drug-likeness (QED) is 0.327. The molecule has 1 saturated heterocycles. The Morgan fingerprint density at radius 1 is 0.865 bits per heavy atom. The van der Waals surface area contributed by atoms with Gasteiger partial charge in [-0.15, -0.1) is 0 Å². The van der Waals surface area contributed by atoms with Gasteiger partial charge in [0.2, 0.25) is 5.91 Å². The van der Waals surface area contributed by atoms with Crippen LogP contribution in [0.5, 0.6) is 0 Å². The molecule has 37 heavy (non-hydrogen) atoms. The van der Waals surface area contributed by atoms with E-state index in [1.807, 2.05) is 18.2 Å². The van der Waals surface area contributed by atoms with Crippen LogP contribution < -0.4 is 5.32 Å². The molecule has 1 amide bonds. The standard InChI is InChI=1S/C32H34N4O/c37-32(29-17-22-36(23-18-29)21-7-10-25-8-3-1-4-9-25)35-31(30-24-33-19-20-34-30)28-15-13-27(14-16-28)26-11-5-2-6-12-26/h1-6,8-9,11-16,19-20,24,29,31H,7,10,17-18,21-23H2,(H,35,37). The first-order valence-corrected chi connectivity index (χ1v) is 13.2. The van der Waals surface area contributed by atoms with Crippen molar-refractivity contribution in [3.63, 3.8) is 0 Å². The average Bonchev–Trinajstić information content (AvgIpc) is 2.98. The van der Waals surface area contributed by atoms with Crippen LogP contribution in [-0.4, -0.2) is 40.4 Å². The Bertz CT molecular complexity index is 1240. The van der Waals surface area contributed by atoms with Gasteiger partial charge in [-0.1, -0.05) is 84.9 Å². The zero-order valence-corrected chi connectivity index (χ0v) is 21.2. The highest BCUT2D eigenvalue weighted by atomic mass is 16.2. The summed E-state index contributed by atoms with van der Waals surface area (Å²) in [6.07, 6.45) is 9.11. The van der Waals surface area contributed by atoms with Crippen LogP contribution >= 0.6 is 0 Å². The number of hydrogen-bond acceptors (Lipinski definition) is 4. The summed E-state index contributed by atoms with van der Waals surface area (Å²) in [6.45, 7) is 3.02. The van der Waals surface area contributed by atoms with Gasteiger partial charge in [-0.3, -0.25) is 14.8 Å². The molecule has 0 saturated carbocycles. The number of piperidine rings is 1. The minimum atomic E-state index is -0.324. The first-order chi connectivity index (χ1) is 18.3. The van der Waals surface area contributed by atoms with Crippen LogP contribution in [0.4, 0.5) is 0 Å². The zero-order chi connectivity index (χ0) is 25.3. The van der Waals surface area contributed by atoms with Gasteiger partial charge in [0.1, 0.15) is 0 Å². The van der Waals surface area contributed by atoms with Gasteiger partial charge in [0.05, 0.1) is 17.9 Å². The molecule has 1 fully saturated rings. The summed E-state index contributed by atoms with van der Waals surface area (Å²) in [5, 5.41) is 3.30. The summed E-state index contributed by atoms with van der Waals surface area (Å²) in [5.41, 5.74) is 5.47. The van der Waals surface area contributed by atoms with E-state index in [-0.39, 0.29) is 17.9 Å². The van der Waals surface area contributed by atoms with Crippen molar-refractivity contribution in [2.24, 2.45) is 5.92 Å². The van der Waals surface area contributed by atoms with Crippen LogP contribution in [0, 0.1) is 5.92 Å². The second kappa shape index (κ2) is 12.4. The number of aromatic nitrogens is 2. The maximum Gasteiger partial charge on any atom is 0.224 e. The Morgan fingerprint density at radius 2 is 1.54 bits per heavy atom. The highest BCUT2D eigenvalue weighted by Crippen LogP contribution is 2.26. The van der Waals surface area contributed by atoms with Gasteiger partial charge in [0, 0.05) is 18.3 Å². The van der Waals surface area contributed by atoms with Crippen LogP contribution in [0.2, 0.25) is 0 Å². The van der Waals surface area contributed by atoms with Gasteiger partial charge in [-0.25, -0.2) is 0 Å². The summed E-state index contributed by atoms with van der Waals surface area (Å²) in [4.78, 5) is 24.6. The van der Waals surface area contributed by atoms with Crippen molar-refractivity contribution in [1.82, 2.24) is 20.2 Å². The molecule has 0 aliphatic carbocycles. The molecule has 4 aromatic rings. The van der Waals surface area contributed by atoms with E-state index < -0.39 is 0 Å². The van der Waals surface area contributed by atoms with Gasteiger partial charge in [0.15, 0.2) is 0 Å². The van der Waals surface area contributed by atoms with E-state index in [1.54, 1.807) is 18.6 Å². The summed E-state index contributed by atoms with van der Waals surface area (Å²) in [5.74, 6) is 0.125. The van der Waals surface area contributed by atoms with Gasteiger partial charge in [-0.2, -0.15) is 0 Å². The zero-order valence-electron chi connectivity index (χ0n) is 21.2. The Balaban J connectivity index is 1.19. The summed E-state index contributed by atoms with van der Waals surface area (Å²) >= 11 is 0. The molecule has 188 valence electrons. The van der Waals surface area contributed by atoms with E-state index in [0.29, 0.717) is 0 Å². The number of amides is 1. The molecule has 1 aliphatic rings. The topological polar surface area (TPSA) is 58.1 Å². The molecule has 1 atom stereocenters. The minimum Gasteiger partial charge on any atom is -0.343 e. The molecule has 5 heteroatoms. The van der Waals surface area contributed by atoms with Crippen molar-refractivity contribution in [1.29, 1.82) is 0 Å². The van der Waals surface area contributed by atoms with Crippen molar-refractivity contribution in [3.05, 3.63) is 120 Å². The van der Waals surface area contributed by atoms with E-state index in [9.17, 15) is 4.79 Å². The van der Waals surface area contributed by atoms with Crippen molar-refractivity contribution < 1.29 is 4.79 Å². The van der Waals surface area contributed by atoms with Crippen molar-refractivity contribution in [3.8, 4) is 11.1 Å². The van der Waals surface area contributed by atoms with Crippen LogP contribution in [-0.2, 0) is 11.2 Å². The number of aryl methyl sites for hydroxylation is 1. The Kier molecular flexibility index (Phi) is 8.34. The predicted molar refractivity (Wildman–Crippen MR) is 148 cm³/mol. The number of hydrogen-bond donors (Lipinski definition) is 1. The molecular weight excluding hydrogens is 456 g/mol. The minimum absolute atomic E-state index is 0.0214. The lowest BCUT2D eigenvalue weighted by Crippen LogP contribution is -2.42. The van der Waals surface area contributed by atoms with E-state index in [4.69, 9.17) is 0 Å². The highest BCUT2D eigenvalue weighted by molar-refractivity contribution is 5.79. The SMILES string of the molecule is O=C(NC(c1ccc(-c2ccccc2)cc1)c1cnccn1)C1CCN(CCCc2ccccc2)CC1. The van der Waals surface area contributed by atoms with Gasteiger partial charge >= 0.3 is 0 Å². The molecule has 1 unspecified atom stereocenters. The Morgan fingerprint density at radius 3 is 2.22 bits per heavy atom. The fourth-order valence-corrected chi connectivity index (χ4v) is 5.12. The van der Waals surface area contributed by atoms with E-state index in [1.165, 1.54) is 11.1 Å². The number of benzene rings is 3. The molecule has 0 bridgehead atoms. The maximum absolute atomic E-state index is 13.4. The number of nitrogens with zero attached hydrogens (tertiary/aromatic N) is 3. The number of likely N-dealkylation sites (tertiary alicyclic amines) is 1. The first-order valence-electron chi connectivity index (χ1n) is 13.2. The number of carbonyl (C=O) groups is 1. The molecule has 3 aromatic carbocycles. The molecule has 2 heterocycles. The van der Waals surface area contributed by atoms with Crippen LogP contribution in [0.25, 0.3) is 11.1 Å². The van der Waals surface area contributed by atoms with Crippen molar-refractivity contribution in [2.45, 2.75) is 31.7 Å². The monoisotopic (exact) mass is 490 g/mol. The third-order valence-corrected chi connectivity index (χ3v) is 7.26. The molecule has 0 radical (unpaired) electrons. The largest absolute Gasteiger partial charge is 0.343 e. The highest BCUT2D eigenvalue weighted by Gasteiger charge is 2.28. The van der Waals surface area contributed by atoms with Gasteiger partial charge < -0.3 is 10.2 Å². The van der Waals surface area contributed by atoms with Crippen LogP contribution in [0.1, 0.15) is 42.1 Å². The summed E-state index contributed by atoms with van der Waals surface area (Å²) in [7, 11) is 0. The van der Waals surface area contributed by atoms with Crippen LogP contribution in [0.15, 0.2) is 104 Å². The molecular formula is C32H34N4O. The molecule has 1 aromatic heterocycles. The second-order valence-corrected chi connectivity index (χ2v) is 9.76. The third kappa shape index (κ3) is 6.69. The lowest BCUT2D eigenvalue weighted by Gasteiger charge is -2.32. The Labute approximate surface area is 219 Å². The van der Waals surface area contributed by atoms with E-state index in [0.717, 1.165) is 62.1 Å². The molecule has 1 aliphatic heterocycles. The van der Waals surface area contributed by atoms with E-state index in [2.05, 4.69) is 86.9 Å². The summed E-state index contributed by atoms with van der Waals surface area (Å²) in [6, 6.07) is 29.0. The Hall–Kier alpha value is -3.83. The van der Waals surface area contributed by atoms with Gasteiger partial charge in [0.25, 0.3) is 0 Å². The average molecular weight is 491 g/mol. The lowest BCUT2D eigenvalue weighted by molar-refractivity contribution is -0.127. The summed E-state index contributed by atoms with van der Waals surface area (Å²) < 4.78 is 0. The molecule has 0 spiro atoms. The third-order valence-electron chi connectivity index (χ3n) is 7.26. The lowest BCUT2D eigenvalue weighted by atomic mass is 9.94. The molecule has 1 N–H and O–H groups in total. The van der Waals surface area contributed by atoms with Crippen molar-refractivity contribution >= 4 is 5.91 Å². The van der Waals surface area contributed by atoms with E-state index >= 15 is 0 Å². The molecule has 5 rings (SSSR count). The number of rotatable bonds is 9. The fraction of sp³-hybridized carbons (Fsp3) is 0.281. The normalized spacial score (nSPS) is 15.2. The smallest absolute Gasteiger partial charge is 0.224 e. The fourth-order valence-electron chi connectivity index (χ4n) is 5.12. The number of carbonyl (C=O) groups excluding carboxylic acids is 1. The predicted octanol–water partition coefficient (Wildman–Crippen LogP) is 5.69. The van der Waals surface area contributed by atoms with Crippen molar-refractivity contribution in [2.75, 3.05) is 19.6 Å². The number of nitrogens with one attached hydrogen (secondary N) is 1.